The Bertz CT molecular complexity index is 1310. The van der Waals surface area contributed by atoms with Crippen molar-refractivity contribution < 1.29 is 36.3 Å². The number of carbonyl (C=O) groups is 3. The standard InChI is InChI=1S/C22H21F2N3O6S/c1-13(28)26-19(10-14-11-25-18-5-3-2-4-17(14)18)21(30)33-12-20(29)27-15-6-8-16(9-7-15)34(31,32)22(23)24/h2-9,11,19,22,25H,10,12H2,1H3,(H,26,28)(H,27,29)/t19-/m0/s1. The first kappa shape index (κ1) is 24.8. The lowest BCUT2D eigenvalue weighted by molar-refractivity contribution is -0.150. The largest absolute Gasteiger partial charge is 0.454 e. The minimum atomic E-state index is -4.75. The van der Waals surface area contributed by atoms with Gasteiger partial charge in [-0.05, 0) is 35.9 Å². The minimum Gasteiger partial charge on any atom is -0.454 e. The first-order valence-corrected chi connectivity index (χ1v) is 11.5. The molecule has 3 rings (SSSR count). The molecule has 0 saturated heterocycles. The molecule has 9 nitrogen and oxygen atoms in total. The van der Waals surface area contributed by atoms with Crippen molar-refractivity contribution in [1.29, 1.82) is 0 Å². The average molecular weight is 493 g/mol. The van der Waals surface area contributed by atoms with E-state index in [1.54, 1.807) is 6.20 Å². The molecule has 0 aliphatic rings. The maximum Gasteiger partial charge on any atom is 0.341 e. The summed E-state index contributed by atoms with van der Waals surface area (Å²) in [5.74, 6) is -5.58. The molecule has 1 aromatic heterocycles. The first-order chi connectivity index (χ1) is 16.1. The number of sulfone groups is 1. The van der Waals surface area contributed by atoms with Crippen molar-refractivity contribution in [3.05, 3.63) is 60.3 Å². The highest BCUT2D eigenvalue weighted by Crippen LogP contribution is 2.21. The second-order valence-electron chi connectivity index (χ2n) is 7.30. The Labute approximate surface area is 193 Å². The number of H-pyrrole nitrogens is 1. The molecule has 34 heavy (non-hydrogen) atoms. The molecule has 0 aliphatic heterocycles. The van der Waals surface area contributed by atoms with E-state index in [1.165, 1.54) is 6.92 Å². The summed E-state index contributed by atoms with van der Waals surface area (Å²) in [5, 5.41) is 5.75. The van der Waals surface area contributed by atoms with Crippen LogP contribution in [-0.2, 0) is 35.4 Å². The molecule has 0 saturated carbocycles. The van der Waals surface area contributed by atoms with E-state index in [4.69, 9.17) is 4.74 Å². The van der Waals surface area contributed by atoms with Crippen LogP contribution in [0.3, 0.4) is 0 Å². The van der Waals surface area contributed by atoms with Crippen LogP contribution in [0.4, 0.5) is 14.5 Å². The third kappa shape index (κ3) is 5.95. The summed E-state index contributed by atoms with van der Waals surface area (Å²) in [6.07, 6.45) is 1.85. The monoisotopic (exact) mass is 493 g/mol. The molecule has 0 bridgehead atoms. The number of nitrogens with one attached hydrogen (secondary N) is 3. The maximum absolute atomic E-state index is 12.6. The van der Waals surface area contributed by atoms with Gasteiger partial charge in [0.05, 0.1) is 4.90 Å². The van der Waals surface area contributed by atoms with E-state index in [0.29, 0.717) is 0 Å². The van der Waals surface area contributed by atoms with Gasteiger partial charge in [-0.25, -0.2) is 13.2 Å². The number of carbonyl (C=O) groups excluding carboxylic acids is 3. The van der Waals surface area contributed by atoms with Gasteiger partial charge in [-0.3, -0.25) is 9.59 Å². The molecule has 0 spiro atoms. The summed E-state index contributed by atoms with van der Waals surface area (Å²) < 4.78 is 53.1. The number of halogens is 2. The molecule has 1 heterocycles. The highest BCUT2D eigenvalue weighted by atomic mass is 32.2. The van der Waals surface area contributed by atoms with Crippen molar-refractivity contribution >= 4 is 44.2 Å². The van der Waals surface area contributed by atoms with Gasteiger partial charge in [0.15, 0.2) is 6.61 Å². The van der Waals surface area contributed by atoms with Gasteiger partial charge in [0, 0.05) is 36.1 Å². The Morgan fingerprint density at radius 2 is 1.74 bits per heavy atom. The number of alkyl halides is 2. The Balaban J connectivity index is 1.60. The van der Waals surface area contributed by atoms with Crippen LogP contribution in [0.5, 0.6) is 0 Å². The van der Waals surface area contributed by atoms with Crippen molar-refractivity contribution in [1.82, 2.24) is 10.3 Å². The number of fused-ring (bicyclic) bond motifs is 1. The van der Waals surface area contributed by atoms with Gasteiger partial charge in [-0.15, -0.1) is 0 Å². The predicted octanol–water partition coefficient (Wildman–Crippen LogP) is 2.39. The number of anilines is 1. The topological polar surface area (TPSA) is 134 Å². The average Bonchev–Trinajstić information content (AvgIpc) is 3.20. The van der Waals surface area contributed by atoms with E-state index in [2.05, 4.69) is 15.6 Å². The van der Waals surface area contributed by atoms with Crippen LogP contribution >= 0.6 is 0 Å². The lowest BCUT2D eigenvalue weighted by Crippen LogP contribution is -2.43. The first-order valence-electron chi connectivity index (χ1n) is 9.98. The lowest BCUT2D eigenvalue weighted by atomic mass is 10.0. The number of benzene rings is 2. The van der Waals surface area contributed by atoms with Crippen molar-refractivity contribution in [2.24, 2.45) is 0 Å². The van der Waals surface area contributed by atoms with Crippen molar-refractivity contribution in [2.45, 2.75) is 30.0 Å². The number of amides is 2. The van der Waals surface area contributed by atoms with Crippen LogP contribution in [-0.4, -0.2) is 49.6 Å². The van der Waals surface area contributed by atoms with Crippen molar-refractivity contribution in [3.8, 4) is 0 Å². The molecular weight excluding hydrogens is 472 g/mol. The van der Waals surface area contributed by atoms with Crippen LogP contribution in [0.25, 0.3) is 10.9 Å². The second kappa shape index (κ2) is 10.4. The van der Waals surface area contributed by atoms with Crippen LogP contribution in [0, 0.1) is 0 Å². The van der Waals surface area contributed by atoms with Gasteiger partial charge >= 0.3 is 11.7 Å². The molecule has 0 fully saturated rings. The number of ether oxygens (including phenoxy) is 1. The molecular formula is C22H21F2N3O6S. The van der Waals surface area contributed by atoms with Gasteiger partial charge in [0.1, 0.15) is 6.04 Å². The van der Waals surface area contributed by atoms with Gasteiger partial charge in [0.25, 0.3) is 5.91 Å². The molecule has 2 aromatic carbocycles. The SMILES string of the molecule is CC(=O)N[C@@H](Cc1c[nH]c2ccccc12)C(=O)OCC(=O)Nc1ccc(S(=O)(=O)C(F)F)cc1. The zero-order valence-electron chi connectivity index (χ0n) is 17.9. The van der Waals surface area contributed by atoms with E-state index in [9.17, 15) is 31.6 Å². The number of rotatable bonds is 9. The van der Waals surface area contributed by atoms with Crippen LogP contribution in [0.15, 0.2) is 59.6 Å². The molecule has 0 unspecified atom stereocenters. The number of aromatic nitrogens is 1. The summed E-state index contributed by atoms with van der Waals surface area (Å²) in [7, 11) is -4.75. The van der Waals surface area contributed by atoms with E-state index in [0.717, 1.165) is 40.7 Å². The number of hydrogen-bond donors (Lipinski definition) is 3. The quantitative estimate of drug-likeness (QED) is 0.392. The summed E-state index contributed by atoms with van der Waals surface area (Å²) >= 11 is 0. The van der Waals surface area contributed by atoms with Crippen molar-refractivity contribution in [2.75, 3.05) is 11.9 Å². The lowest BCUT2D eigenvalue weighted by Gasteiger charge is -2.16. The fourth-order valence-corrected chi connectivity index (χ4v) is 3.95. The molecule has 2 amide bonds. The summed E-state index contributed by atoms with van der Waals surface area (Å²) in [5.41, 5.74) is 1.75. The highest BCUT2D eigenvalue weighted by molar-refractivity contribution is 7.91. The molecule has 0 radical (unpaired) electrons. The molecule has 1 atom stereocenters. The third-order valence-electron chi connectivity index (χ3n) is 4.81. The predicted molar refractivity (Wildman–Crippen MR) is 119 cm³/mol. The van der Waals surface area contributed by atoms with Crippen LogP contribution in [0.2, 0.25) is 0 Å². The van der Waals surface area contributed by atoms with E-state index < -0.39 is 50.9 Å². The van der Waals surface area contributed by atoms with Crippen molar-refractivity contribution in [3.63, 3.8) is 0 Å². The molecule has 3 N–H and O–H groups in total. The summed E-state index contributed by atoms with van der Waals surface area (Å²) in [6, 6.07) is 10.5. The Kier molecular flexibility index (Phi) is 7.61. The zero-order valence-corrected chi connectivity index (χ0v) is 18.7. The molecule has 180 valence electrons. The Morgan fingerprint density at radius 3 is 2.38 bits per heavy atom. The molecule has 0 aliphatic carbocycles. The van der Waals surface area contributed by atoms with Gasteiger partial charge in [0.2, 0.25) is 15.7 Å². The molecule has 12 heteroatoms. The highest BCUT2D eigenvalue weighted by Gasteiger charge is 2.26. The number of hydrogen-bond acceptors (Lipinski definition) is 6. The third-order valence-corrected chi connectivity index (χ3v) is 6.21. The molecule has 3 aromatic rings. The number of para-hydroxylation sites is 1. The van der Waals surface area contributed by atoms with Gasteiger partial charge < -0.3 is 20.4 Å². The summed E-state index contributed by atoms with van der Waals surface area (Å²) in [4.78, 5) is 38.7. The van der Waals surface area contributed by atoms with E-state index in [1.807, 2.05) is 24.3 Å². The van der Waals surface area contributed by atoms with Gasteiger partial charge in [-0.2, -0.15) is 8.78 Å². The van der Waals surface area contributed by atoms with Crippen LogP contribution in [0.1, 0.15) is 12.5 Å². The second-order valence-corrected chi connectivity index (χ2v) is 9.22. The van der Waals surface area contributed by atoms with E-state index in [-0.39, 0.29) is 12.1 Å². The van der Waals surface area contributed by atoms with Crippen LogP contribution < -0.4 is 10.6 Å². The Hall–Kier alpha value is -3.80. The number of esters is 1. The fourth-order valence-electron chi connectivity index (χ4n) is 3.22. The normalized spacial score (nSPS) is 12.4. The maximum atomic E-state index is 12.6. The Morgan fingerprint density at radius 1 is 1.06 bits per heavy atom. The number of aromatic amines is 1. The smallest absolute Gasteiger partial charge is 0.341 e. The van der Waals surface area contributed by atoms with E-state index >= 15 is 0 Å². The minimum absolute atomic E-state index is 0.117. The zero-order chi connectivity index (χ0) is 24.9. The van der Waals surface area contributed by atoms with Gasteiger partial charge in [-0.1, -0.05) is 18.2 Å². The summed E-state index contributed by atoms with van der Waals surface area (Å²) in [6.45, 7) is 0.569. The fraction of sp³-hybridized carbons (Fsp3) is 0.227.